The summed E-state index contributed by atoms with van der Waals surface area (Å²) in [7, 11) is 0. The quantitative estimate of drug-likeness (QED) is 0.602. The molecule has 1 aliphatic carbocycles. The summed E-state index contributed by atoms with van der Waals surface area (Å²) in [6, 6.07) is 0. The van der Waals surface area contributed by atoms with Crippen LogP contribution in [-0.4, -0.2) is 10.8 Å². The molecule has 0 amide bonds. The molecule has 1 heterocycles. The summed E-state index contributed by atoms with van der Waals surface area (Å²) in [5, 5.41) is 0.512. The summed E-state index contributed by atoms with van der Waals surface area (Å²) in [6.45, 7) is 0. The zero-order valence-electron chi connectivity index (χ0n) is 5.26. The molecule has 4 heteroatoms. The van der Waals surface area contributed by atoms with Crippen LogP contribution in [0.5, 0.6) is 0 Å². The fraction of sp³-hybridized carbons (Fsp3) is 0.333. The van der Waals surface area contributed by atoms with E-state index in [0.717, 1.165) is 11.3 Å². The molecule has 3 nitrogen and oxygen atoms in total. The average molecular weight is 154 g/mol. The Balaban J connectivity index is 2.59. The van der Waals surface area contributed by atoms with Crippen LogP contribution in [0.3, 0.4) is 0 Å². The number of carbonyl (C=O) groups excluding carboxylic acids is 1. The van der Waals surface area contributed by atoms with E-state index >= 15 is 0 Å². The lowest BCUT2D eigenvalue weighted by Gasteiger charge is -1.81. The number of nitrogens with zero attached hydrogens (tertiary/aromatic N) is 1. The maximum absolute atomic E-state index is 11.0. The molecule has 0 aromatic carbocycles. The normalized spacial score (nSPS) is 15.8. The van der Waals surface area contributed by atoms with Gasteiger partial charge in [0.25, 0.3) is 0 Å². The van der Waals surface area contributed by atoms with Crippen LogP contribution in [0, 0.1) is 0 Å². The molecule has 0 radical (unpaired) electrons. The average Bonchev–Trinajstić information content (AvgIpc) is 2.35. The van der Waals surface area contributed by atoms with E-state index in [2.05, 4.69) is 4.98 Å². The third-order valence-corrected chi connectivity index (χ3v) is 2.50. The molecule has 2 N–H and O–H groups in total. The number of ketones is 1. The Morgan fingerprint density at radius 1 is 1.50 bits per heavy atom. The number of nitrogens with two attached hydrogens (primary N) is 1. The Morgan fingerprint density at radius 3 is 3.00 bits per heavy atom. The highest BCUT2D eigenvalue weighted by molar-refractivity contribution is 7.15. The standard InChI is InChI=1S/C6H6N2OS/c7-6-8-5-3(9)1-2-4(5)10-6/h1-2H2,(H2,7,8). The van der Waals surface area contributed by atoms with Crippen LogP contribution in [0.1, 0.15) is 21.8 Å². The van der Waals surface area contributed by atoms with Gasteiger partial charge in [-0.1, -0.05) is 0 Å². The summed E-state index contributed by atoms with van der Waals surface area (Å²) < 4.78 is 0. The van der Waals surface area contributed by atoms with Gasteiger partial charge in [-0.3, -0.25) is 4.79 Å². The molecule has 2 rings (SSSR count). The van der Waals surface area contributed by atoms with E-state index in [-0.39, 0.29) is 5.78 Å². The monoisotopic (exact) mass is 154 g/mol. The zero-order chi connectivity index (χ0) is 7.14. The number of anilines is 1. The summed E-state index contributed by atoms with van der Waals surface area (Å²) in [5.74, 6) is 0.142. The Hall–Kier alpha value is -0.900. The number of Topliss-reactive ketones (excluding diaryl/α,β-unsaturated/α-hetero) is 1. The maximum Gasteiger partial charge on any atom is 0.182 e. The number of hydrogen-bond acceptors (Lipinski definition) is 4. The molecule has 0 atom stereocenters. The van der Waals surface area contributed by atoms with E-state index < -0.39 is 0 Å². The second kappa shape index (κ2) is 1.79. The SMILES string of the molecule is Nc1nc2c(s1)CCC2=O. The van der Waals surface area contributed by atoms with E-state index in [1.807, 2.05) is 0 Å². The molecule has 0 spiro atoms. The highest BCUT2D eigenvalue weighted by atomic mass is 32.1. The summed E-state index contributed by atoms with van der Waals surface area (Å²) >= 11 is 1.43. The topological polar surface area (TPSA) is 56.0 Å². The first-order chi connectivity index (χ1) is 4.77. The van der Waals surface area contributed by atoms with Gasteiger partial charge in [-0.25, -0.2) is 4.98 Å². The molecule has 0 fully saturated rings. The highest BCUT2D eigenvalue weighted by Crippen LogP contribution is 2.28. The molecular weight excluding hydrogens is 148 g/mol. The molecule has 52 valence electrons. The van der Waals surface area contributed by atoms with Crippen LogP contribution >= 0.6 is 11.3 Å². The van der Waals surface area contributed by atoms with Crippen molar-refractivity contribution in [3.05, 3.63) is 10.6 Å². The van der Waals surface area contributed by atoms with Gasteiger partial charge in [0.15, 0.2) is 10.9 Å². The van der Waals surface area contributed by atoms with Crippen molar-refractivity contribution in [1.82, 2.24) is 4.98 Å². The predicted octanol–water partition coefficient (Wildman–Crippen LogP) is 0.854. The van der Waals surface area contributed by atoms with Gasteiger partial charge in [0, 0.05) is 11.3 Å². The third-order valence-electron chi connectivity index (χ3n) is 1.56. The number of carbonyl (C=O) groups is 1. The van der Waals surface area contributed by atoms with Gasteiger partial charge in [0.1, 0.15) is 5.69 Å². The van der Waals surface area contributed by atoms with E-state index in [1.165, 1.54) is 11.3 Å². The molecule has 1 aliphatic rings. The van der Waals surface area contributed by atoms with E-state index in [4.69, 9.17) is 5.73 Å². The molecule has 0 unspecified atom stereocenters. The van der Waals surface area contributed by atoms with Crippen LogP contribution in [0.15, 0.2) is 0 Å². The lowest BCUT2D eigenvalue weighted by atomic mass is 10.3. The van der Waals surface area contributed by atoms with Crippen LogP contribution in [0.4, 0.5) is 5.13 Å². The third kappa shape index (κ3) is 0.654. The van der Waals surface area contributed by atoms with E-state index in [9.17, 15) is 4.79 Å². The molecular formula is C6H6N2OS. The number of hydrogen-bond donors (Lipinski definition) is 1. The Bertz CT molecular complexity index is 292. The van der Waals surface area contributed by atoms with Gasteiger partial charge in [-0.15, -0.1) is 11.3 Å². The van der Waals surface area contributed by atoms with Gasteiger partial charge in [0.05, 0.1) is 0 Å². The summed E-state index contributed by atoms with van der Waals surface area (Å²) in [5.41, 5.74) is 6.02. The van der Waals surface area contributed by atoms with Crippen molar-refractivity contribution in [2.45, 2.75) is 12.8 Å². The van der Waals surface area contributed by atoms with E-state index in [0.29, 0.717) is 17.2 Å². The minimum Gasteiger partial charge on any atom is -0.375 e. The fourth-order valence-electron chi connectivity index (χ4n) is 1.10. The van der Waals surface area contributed by atoms with Crippen molar-refractivity contribution in [3.8, 4) is 0 Å². The second-order valence-corrected chi connectivity index (χ2v) is 3.36. The molecule has 0 bridgehead atoms. The van der Waals surface area contributed by atoms with Crippen molar-refractivity contribution in [3.63, 3.8) is 0 Å². The van der Waals surface area contributed by atoms with Gasteiger partial charge >= 0.3 is 0 Å². The molecule has 10 heavy (non-hydrogen) atoms. The van der Waals surface area contributed by atoms with Crippen molar-refractivity contribution < 1.29 is 4.79 Å². The van der Waals surface area contributed by atoms with Gasteiger partial charge in [-0.2, -0.15) is 0 Å². The molecule has 1 aromatic heterocycles. The van der Waals surface area contributed by atoms with Gasteiger partial charge in [-0.05, 0) is 6.42 Å². The van der Waals surface area contributed by atoms with Crippen molar-refractivity contribution in [2.24, 2.45) is 0 Å². The van der Waals surface area contributed by atoms with Crippen LogP contribution in [-0.2, 0) is 6.42 Å². The summed E-state index contributed by atoms with van der Waals surface area (Å²) in [6.07, 6.45) is 1.46. The van der Waals surface area contributed by atoms with Crippen LogP contribution < -0.4 is 5.73 Å². The molecule has 0 aliphatic heterocycles. The summed E-state index contributed by atoms with van der Waals surface area (Å²) in [4.78, 5) is 15.9. The number of fused-ring (bicyclic) bond motifs is 1. The van der Waals surface area contributed by atoms with Gasteiger partial charge in [0.2, 0.25) is 0 Å². The lowest BCUT2D eigenvalue weighted by Crippen LogP contribution is -1.93. The number of aromatic nitrogens is 1. The Kier molecular flexibility index (Phi) is 1.05. The maximum atomic E-state index is 11.0. The fourth-order valence-corrected chi connectivity index (χ4v) is 1.95. The number of nitrogen functional groups attached to an aromatic ring is 1. The molecule has 0 saturated carbocycles. The molecule has 0 saturated heterocycles. The van der Waals surface area contributed by atoms with Crippen molar-refractivity contribution in [2.75, 3.05) is 5.73 Å². The smallest absolute Gasteiger partial charge is 0.182 e. The minimum atomic E-state index is 0.142. The zero-order valence-corrected chi connectivity index (χ0v) is 6.07. The lowest BCUT2D eigenvalue weighted by molar-refractivity contribution is 0.0990. The Morgan fingerprint density at radius 2 is 2.30 bits per heavy atom. The first kappa shape index (κ1) is 5.85. The van der Waals surface area contributed by atoms with Crippen molar-refractivity contribution >= 4 is 22.3 Å². The first-order valence-electron chi connectivity index (χ1n) is 3.06. The van der Waals surface area contributed by atoms with Crippen LogP contribution in [0.25, 0.3) is 0 Å². The number of thiazole rings is 1. The largest absolute Gasteiger partial charge is 0.375 e. The van der Waals surface area contributed by atoms with Crippen LogP contribution in [0.2, 0.25) is 0 Å². The predicted molar refractivity (Wildman–Crippen MR) is 39.2 cm³/mol. The number of rotatable bonds is 0. The van der Waals surface area contributed by atoms with Gasteiger partial charge < -0.3 is 5.73 Å². The van der Waals surface area contributed by atoms with Crippen molar-refractivity contribution in [1.29, 1.82) is 0 Å². The Labute approximate surface area is 61.9 Å². The minimum absolute atomic E-state index is 0.142. The number of aryl methyl sites for hydroxylation is 1. The highest BCUT2D eigenvalue weighted by Gasteiger charge is 2.23. The van der Waals surface area contributed by atoms with E-state index in [1.54, 1.807) is 0 Å². The second-order valence-electron chi connectivity index (χ2n) is 2.25. The first-order valence-corrected chi connectivity index (χ1v) is 3.87. The molecule has 1 aromatic rings.